The van der Waals surface area contributed by atoms with Crippen LogP contribution in [-0.4, -0.2) is 36.1 Å². The number of anilines is 1. The molecule has 2 atom stereocenters. The fourth-order valence-electron chi connectivity index (χ4n) is 4.33. The number of carbonyl (C=O) groups excluding carboxylic acids is 2. The van der Waals surface area contributed by atoms with Crippen molar-refractivity contribution in [3.63, 3.8) is 0 Å². The Morgan fingerprint density at radius 1 is 1.29 bits per heavy atom. The molecule has 162 valence electrons. The molecule has 6 nitrogen and oxygen atoms in total. The zero-order valence-corrected chi connectivity index (χ0v) is 18.5. The fraction of sp³-hybridized carbons (Fsp3) is 0.458. The highest BCUT2D eigenvalue weighted by Crippen LogP contribution is 2.38. The minimum atomic E-state index is -0.230. The zero-order chi connectivity index (χ0) is 21.8. The van der Waals surface area contributed by atoms with Crippen LogP contribution >= 0.6 is 11.3 Å². The number of benzene rings is 1. The number of rotatable bonds is 5. The normalized spacial score (nSPS) is 18.7. The number of nitrogens with one attached hydrogen (secondary N) is 1. The van der Waals surface area contributed by atoms with Crippen molar-refractivity contribution in [2.24, 2.45) is 0 Å². The van der Waals surface area contributed by atoms with Gasteiger partial charge in [-0.15, -0.1) is 11.3 Å². The molecular weight excluding hydrogens is 410 g/mol. The number of amides is 2. The summed E-state index contributed by atoms with van der Waals surface area (Å²) < 4.78 is 5.72. The molecule has 0 radical (unpaired) electrons. The van der Waals surface area contributed by atoms with Gasteiger partial charge in [-0.2, -0.15) is 5.26 Å². The van der Waals surface area contributed by atoms with Crippen molar-refractivity contribution in [1.82, 2.24) is 4.90 Å². The molecule has 2 heterocycles. The Labute approximate surface area is 186 Å². The fourth-order valence-corrected chi connectivity index (χ4v) is 5.61. The maximum Gasteiger partial charge on any atom is 0.410 e. The third kappa shape index (κ3) is 4.91. The van der Waals surface area contributed by atoms with Crippen molar-refractivity contribution in [1.29, 1.82) is 5.26 Å². The van der Waals surface area contributed by atoms with Crippen LogP contribution in [0.15, 0.2) is 30.3 Å². The van der Waals surface area contributed by atoms with E-state index in [-0.39, 0.29) is 24.0 Å². The molecule has 7 heteroatoms. The predicted octanol–water partition coefficient (Wildman–Crippen LogP) is 4.84. The molecule has 1 aliphatic carbocycles. The number of nitriles is 1. The summed E-state index contributed by atoms with van der Waals surface area (Å²) in [6.07, 6.45) is 4.01. The number of fused-ring (bicyclic) bond motifs is 1. The van der Waals surface area contributed by atoms with Gasteiger partial charge in [0.1, 0.15) is 17.2 Å². The van der Waals surface area contributed by atoms with Gasteiger partial charge in [0.15, 0.2) is 0 Å². The van der Waals surface area contributed by atoms with Gasteiger partial charge in [-0.05, 0) is 42.7 Å². The standard InChI is InChI=1S/C24H27N3O3S/c1-16(17-7-3-2-4-8-17)13-22(28)26-23-20(15-25)19-10-9-18(14-21(19)31-23)30-24(29)27-11-5-6-12-27/h2-4,7-8,16,18H,5-6,9-14H2,1H3,(H,26,28). The smallest absolute Gasteiger partial charge is 0.410 e. The Hall–Kier alpha value is -2.85. The van der Waals surface area contributed by atoms with E-state index in [2.05, 4.69) is 11.4 Å². The predicted molar refractivity (Wildman–Crippen MR) is 120 cm³/mol. The lowest BCUT2D eigenvalue weighted by atomic mass is 9.93. The van der Waals surface area contributed by atoms with E-state index in [0.717, 1.165) is 41.9 Å². The third-order valence-electron chi connectivity index (χ3n) is 6.08. The first-order chi connectivity index (χ1) is 15.0. The lowest BCUT2D eigenvalue weighted by Crippen LogP contribution is -2.34. The van der Waals surface area contributed by atoms with Gasteiger partial charge in [-0.3, -0.25) is 4.79 Å². The van der Waals surface area contributed by atoms with E-state index >= 15 is 0 Å². The van der Waals surface area contributed by atoms with Crippen molar-refractivity contribution in [3.05, 3.63) is 51.9 Å². The lowest BCUT2D eigenvalue weighted by Gasteiger charge is -2.25. The monoisotopic (exact) mass is 437 g/mol. The highest BCUT2D eigenvalue weighted by atomic mass is 32.1. The third-order valence-corrected chi connectivity index (χ3v) is 7.25. The van der Waals surface area contributed by atoms with Crippen LogP contribution < -0.4 is 5.32 Å². The van der Waals surface area contributed by atoms with Gasteiger partial charge in [-0.25, -0.2) is 4.79 Å². The van der Waals surface area contributed by atoms with Crippen molar-refractivity contribution in [3.8, 4) is 6.07 Å². The second kappa shape index (κ2) is 9.52. The van der Waals surface area contributed by atoms with E-state index in [1.807, 2.05) is 37.3 Å². The average molecular weight is 438 g/mol. The van der Waals surface area contributed by atoms with Gasteiger partial charge >= 0.3 is 6.09 Å². The van der Waals surface area contributed by atoms with E-state index < -0.39 is 0 Å². The molecule has 1 N–H and O–H groups in total. The molecule has 1 aromatic carbocycles. The van der Waals surface area contributed by atoms with Crippen LogP contribution in [0.25, 0.3) is 0 Å². The Morgan fingerprint density at radius 3 is 2.74 bits per heavy atom. The first kappa shape index (κ1) is 21.4. The van der Waals surface area contributed by atoms with Crippen LogP contribution in [0, 0.1) is 11.3 Å². The summed E-state index contributed by atoms with van der Waals surface area (Å²) in [5.41, 5.74) is 2.67. The Bertz CT molecular complexity index is 989. The highest BCUT2D eigenvalue weighted by Gasteiger charge is 2.30. The maximum absolute atomic E-state index is 12.6. The largest absolute Gasteiger partial charge is 0.446 e. The topological polar surface area (TPSA) is 82.4 Å². The average Bonchev–Trinajstić information content (AvgIpc) is 3.41. The molecule has 0 saturated carbocycles. The van der Waals surface area contributed by atoms with Gasteiger partial charge in [0, 0.05) is 30.8 Å². The minimum absolute atomic E-state index is 0.0932. The summed E-state index contributed by atoms with van der Waals surface area (Å²) >= 11 is 1.44. The van der Waals surface area contributed by atoms with E-state index in [1.54, 1.807) is 4.90 Å². The van der Waals surface area contributed by atoms with Gasteiger partial charge in [0.25, 0.3) is 0 Å². The molecule has 1 saturated heterocycles. The number of thiophene rings is 1. The van der Waals surface area contributed by atoms with Gasteiger partial charge in [-0.1, -0.05) is 37.3 Å². The summed E-state index contributed by atoms with van der Waals surface area (Å²) in [5.74, 6) is -0.000774. The molecule has 2 amide bonds. The quantitative estimate of drug-likeness (QED) is 0.725. The zero-order valence-electron chi connectivity index (χ0n) is 17.7. The van der Waals surface area contributed by atoms with Crippen LogP contribution in [0.1, 0.15) is 60.1 Å². The number of ether oxygens (including phenoxy) is 1. The lowest BCUT2D eigenvalue weighted by molar-refractivity contribution is -0.116. The molecule has 1 aliphatic heterocycles. The minimum Gasteiger partial charge on any atom is -0.446 e. The molecule has 1 aromatic heterocycles. The molecule has 4 rings (SSSR count). The molecule has 2 aliphatic rings. The summed E-state index contributed by atoms with van der Waals surface area (Å²) in [4.78, 5) is 27.8. The summed E-state index contributed by atoms with van der Waals surface area (Å²) in [5, 5.41) is 13.3. The Balaban J connectivity index is 1.40. The van der Waals surface area contributed by atoms with Crippen LogP contribution in [0.4, 0.5) is 9.80 Å². The second-order valence-corrected chi connectivity index (χ2v) is 9.43. The van der Waals surface area contributed by atoms with E-state index in [1.165, 1.54) is 11.3 Å². The van der Waals surface area contributed by atoms with E-state index in [9.17, 15) is 14.9 Å². The molecule has 2 unspecified atom stereocenters. The molecule has 31 heavy (non-hydrogen) atoms. The van der Waals surface area contributed by atoms with Crippen LogP contribution in [0.2, 0.25) is 0 Å². The maximum atomic E-state index is 12.6. The number of carbonyl (C=O) groups is 2. The van der Waals surface area contributed by atoms with Crippen molar-refractivity contribution < 1.29 is 14.3 Å². The second-order valence-electron chi connectivity index (χ2n) is 8.33. The Kier molecular flexibility index (Phi) is 6.57. The number of likely N-dealkylation sites (tertiary alicyclic amines) is 1. The molecular formula is C24H27N3O3S. The molecule has 0 bridgehead atoms. The first-order valence-electron chi connectivity index (χ1n) is 10.9. The van der Waals surface area contributed by atoms with Crippen molar-refractivity contribution >= 4 is 28.3 Å². The van der Waals surface area contributed by atoms with E-state index in [0.29, 0.717) is 36.2 Å². The molecule has 1 fully saturated rings. The van der Waals surface area contributed by atoms with Crippen LogP contribution in [-0.2, 0) is 22.4 Å². The summed E-state index contributed by atoms with van der Waals surface area (Å²) in [7, 11) is 0. The highest BCUT2D eigenvalue weighted by molar-refractivity contribution is 7.16. The van der Waals surface area contributed by atoms with Gasteiger partial charge in [0.05, 0.1) is 5.56 Å². The number of hydrogen-bond donors (Lipinski definition) is 1. The Morgan fingerprint density at radius 2 is 2.03 bits per heavy atom. The molecule has 2 aromatic rings. The van der Waals surface area contributed by atoms with E-state index in [4.69, 9.17) is 4.74 Å². The first-order valence-corrected chi connectivity index (χ1v) is 11.7. The van der Waals surface area contributed by atoms with Gasteiger partial charge in [0.2, 0.25) is 5.91 Å². The summed E-state index contributed by atoms with van der Waals surface area (Å²) in [6, 6.07) is 12.2. The SMILES string of the molecule is CC(CC(=O)Nc1sc2c(c1C#N)CCC(OC(=O)N1CCCC1)C2)c1ccccc1. The number of nitrogens with zero attached hydrogens (tertiary/aromatic N) is 2. The van der Waals surface area contributed by atoms with Gasteiger partial charge < -0.3 is 15.0 Å². The van der Waals surface area contributed by atoms with Crippen molar-refractivity contribution in [2.75, 3.05) is 18.4 Å². The van der Waals surface area contributed by atoms with Crippen molar-refractivity contribution in [2.45, 2.75) is 57.5 Å². The van der Waals surface area contributed by atoms with Crippen LogP contribution in [0.5, 0.6) is 0 Å². The number of hydrogen-bond acceptors (Lipinski definition) is 5. The van der Waals surface area contributed by atoms with Crippen LogP contribution in [0.3, 0.4) is 0 Å². The molecule has 0 spiro atoms. The summed E-state index contributed by atoms with van der Waals surface area (Å²) in [6.45, 7) is 3.57.